The lowest BCUT2D eigenvalue weighted by molar-refractivity contribution is -0.884. The average molecular weight is 310 g/mol. The lowest BCUT2D eigenvalue weighted by Gasteiger charge is -2.36. The third kappa shape index (κ3) is 3.53. The second-order valence-corrected chi connectivity index (χ2v) is 6.60. The van der Waals surface area contributed by atoms with Gasteiger partial charge in [-0.1, -0.05) is 67.6 Å². The molecule has 0 heterocycles. The molecule has 0 aliphatic carbocycles. The van der Waals surface area contributed by atoms with Crippen molar-refractivity contribution in [3.05, 3.63) is 71.8 Å². The highest BCUT2D eigenvalue weighted by Crippen LogP contribution is 2.38. The first kappa shape index (κ1) is 17.4. The zero-order valence-electron chi connectivity index (χ0n) is 14.7. The van der Waals surface area contributed by atoms with Crippen LogP contribution < -0.4 is 4.90 Å². The molecule has 122 valence electrons. The molecule has 0 spiro atoms. The molecule has 0 radical (unpaired) electrons. The number of carbonyl (C=O) groups excluding carboxylic acids is 1. The normalized spacial score (nSPS) is 13.1. The van der Waals surface area contributed by atoms with Crippen molar-refractivity contribution < 1.29 is 9.69 Å². The van der Waals surface area contributed by atoms with Crippen LogP contribution >= 0.6 is 0 Å². The molecule has 0 aliphatic rings. The van der Waals surface area contributed by atoms with E-state index in [0.717, 1.165) is 17.5 Å². The second-order valence-electron chi connectivity index (χ2n) is 6.60. The Bertz CT molecular complexity index is 579. The Labute approximate surface area is 140 Å². The van der Waals surface area contributed by atoms with Crippen molar-refractivity contribution in [2.45, 2.75) is 38.1 Å². The van der Waals surface area contributed by atoms with Gasteiger partial charge in [0.1, 0.15) is 5.78 Å². The van der Waals surface area contributed by atoms with Crippen molar-refractivity contribution in [1.82, 2.24) is 0 Å². The summed E-state index contributed by atoms with van der Waals surface area (Å²) in [6.45, 7) is 4.19. The predicted octanol–water partition coefficient (Wildman–Crippen LogP) is 2.87. The van der Waals surface area contributed by atoms with Crippen molar-refractivity contribution in [2.24, 2.45) is 0 Å². The van der Waals surface area contributed by atoms with Gasteiger partial charge in [-0.05, 0) is 18.1 Å². The number of hydrogen-bond donors (Lipinski definition) is 1. The average Bonchev–Trinajstić information content (AvgIpc) is 2.60. The van der Waals surface area contributed by atoms with Crippen molar-refractivity contribution in [1.29, 1.82) is 0 Å². The fourth-order valence-corrected chi connectivity index (χ4v) is 3.25. The van der Waals surface area contributed by atoms with Gasteiger partial charge in [0.15, 0.2) is 0 Å². The third-order valence-corrected chi connectivity index (χ3v) is 4.93. The first-order valence-electron chi connectivity index (χ1n) is 8.46. The Kier molecular flexibility index (Phi) is 5.73. The molecule has 0 bridgehead atoms. The maximum absolute atomic E-state index is 13.2. The van der Waals surface area contributed by atoms with Gasteiger partial charge in [0, 0.05) is 12.8 Å². The molecule has 2 aromatic carbocycles. The molecular formula is C21H28NO+. The maximum atomic E-state index is 13.2. The van der Waals surface area contributed by atoms with E-state index in [9.17, 15) is 4.79 Å². The van der Waals surface area contributed by atoms with Crippen LogP contribution in [-0.4, -0.2) is 25.9 Å². The molecule has 1 N–H and O–H groups in total. The molecule has 0 saturated heterocycles. The van der Waals surface area contributed by atoms with E-state index in [1.165, 1.54) is 4.90 Å². The van der Waals surface area contributed by atoms with Crippen molar-refractivity contribution in [3.8, 4) is 0 Å². The van der Waals surface area contributed by atoms with Crippen molar-refractivity contribution in [2.75, 3.05) is 14.1 Å². The van der Waals surface area contributed by atoms with Gasteiger partial charge in [0.2, 0.25) is 0 Å². The van der Waals surface area contributed by atoms with Crippen molar-refractivity contribution in [3.63, 3.8) is 0 Å². The summed E-state index contributed by atoms with van der Waals surface area (Å²) in [5, 5.41) is 0. The fourth-order valence-electron chi connectivity index (χ4n) is 3.25. The number of carbonyl (C=O) groups is 1. The van der Waals surface area contributed by atoms with E-state index in [1.807, 2.05) is 43.3 Å². The molecule has 2 aromatic rings. The predicted molar refractivity (Wildman–Crippen MR) is 95.9 cm³/mol. The van der Waals surface area contributed by atoms with Crippen LogP contribution in [0.4, 0.5) is 0 Å². The molecule has 0 aliphatic heterocycles. The molecule has 2 rings (SSSR count). The smallest absolute Gasteiger partial charge is 0.147 e. The summed E-state index contributed by atoms with van der Waals surface area (Å²) in [5.41, 5.74) is 1.64. The van der Waals surface area contributed by atoms with Crippen LogP contribution in [0.1, 0.15) is 37.8 Å². The summed E-state index contributed by atoms with van der Waals surface area (Å²) >= 11 is 0. The quantitative estimate of drug-likeness (QED) is 0.834. The molecule has 1 atom stereocenters. The molecule has 0 amide bonds. The molecular weight excluding hydrogens is 282 g/mol. The largest absolute Gasteiger partial charge is 0.338 e. The maximum Gasteiger partial charge on any atom is 0.147 e. The SMILES string of the molecule is CCC(=O)C(CC(C)[NH+](C)C)(c1ccccc1)c1ccccc1. The summed E-state index contributed by atoms with van der Waals surface area (Å²) in [6.07, 6.45) is 1.36. The fraction of sp³-hybridized carbons (Fsp3) is 0.381. The standard InChI is InChI=1S/C21H27NO/c1-5-20(23)21(16-17(2)22(3)4,18-12-8-6-9-13-18)19-14-10-7-11-15-19/h6-15,17H,5,16H2,1-4H3/p+1. The lowest BCUT2D eigenvalue weighted by atomic mass is 9.67. The van der Waals surface area contributed by atoms with E-state index in [4.69, 9.17) is 0 Å². The van der Waals surface area contributed by atoms with Gasteiger partial charge >= 0.3 is 0 Å². The van der Waals surface area contributed by atoms with Crippen LogP contribution in [0.5, 0.6) is 0 Å². The number of nitrogens with one attached hydrogen (secondary N) is 1. The lowest BCUT2D eigenvalue weighted by Crippen LogP contribution is -3.09. The minimum absolute atomic E-state index is 0.294. The number of ketones is 1. The molecule has 2 heteroatoms. The van der Waals surface area contributed by atoms with Gasteiger partial charge < -0.3 is 4.90 Å². The van der Waals surface area contributed by atoms with Crippen LogP contribution in [0.2, 0.25) is 0 Å². The Morgan fingerprint density at radius 1 is 0.957 bits per heavy atom. The highest BCUT2D eigenvalue weighted by atomic mass is 16.1. The summed E-state index contributed by atoms with van der Waals surface area (Å²) in [4.78, 5) is 14.5. The van der Waals surface area contributed by atoms with E-state index in [0.29, 0.717) is 18.2 Å². The van der Waals surface area contributed by atoms with Gasteiger partial charge in [0.25, 0.3) is 0 Å². The Morgan fingerprint density at radius 2 is 1.39 bits per heavy atom. The van der Waals surface area contributed by atoms with Gasteiger partial charge in [-0.25, -0.2) is 0 Å². The Morgan fingerprint density at radius 3 is 1.74 bits per heavy atom. The first-order valence-corrected chi connectivity index (χ1v) is 8.46. The second kappa shape index (κ2) is 7.56. The van der Waals surface area contributed by atoms with Crippen LogP contribution in [-0.2, 0) is 10.2 Å². The zero-order chi connectivity index (χ0) is 16.9. The molecule has 0 saturated carbocycles. The topological polar surface area (TPSA) is 21.5 Å². The number of hydrogen-bond acceptors (Lipinski definition) is 1. The highest BCUT2D eigenvalue weighted by molar-refractivity contribution is 5.93. The minimum Gasteiger partial charge on any atom is -0.338 e. The van der Waals surface area contributed by atoms with E-state index in [2.05, 4.69) is 45.3 Å². The van der Waals surface area contributed by atoms with Gasteiger partial charge in [-0.2, -0.15) is 0 Å². The molecule has 1 unspecified atom stereocenters. The molecule has 23 heavy (non-hydrogen) atoms. The van der Waals surface area contributed by atoms with Crippen LogP contribution in [0.3, 0.4) is 0 Å². The number of Topliss-reactive ketones (excluding diaryl/α,β-unsaturated/α-hetero) is 1. The van der Waals surface area contributed by atoms with Gasteiger partial charge in [0.05, 0.1) is 25.6 Å². The van der Waals surface area contributed by atoms with E-state index >= 15 is 0 Å². The Hall–Kier alpha value is -1.93. The molecule has 0 aromatic heterocycles. The summed E-state index contributed by atoms with van der Waals surface area (Å²) in [5.74, 6) is 0.294. The highest BCUT2D eigenvalue weighted by Gasteiger charge is 2.42. The third-order valence-electron chi connectivity index (χ3n) is 4.93. The number of benzene rings is 2. The summed E-state index contributed by atoms with van der Waals surface area (Å²) < 4.78 is 0. The van der Waals surface area contributed by atoms with E-state index in [-0.39, 0.29) is 0 Å². The summed E-state index contributed by atoms with van der Waals surface area (Å²) in [7, 11) is 4.31. The van der Waals surface area contributed by atoms with E-state index < -0.39 is 5.41 Å². The summed E-state index contributed by atoms with van der Waals surface area (Å²) in [6, 6.07) is 20.9. The van der Waals surface area contributed by atoms with Crippen LogP contribution in [0.15, 0.2) is 60.7 Å². The van der Waals surface area contributed by atoms with Gasteiger partial charge in [-0.3, -0.25) is 4.79 Å². The zero-order valence-corrected chi connectivity index (χ0v) is 14.7. The first-order chi connectivity index (χ1) is 11.0. The molecule has 2 nitrogen and oxygen atoms in total. The van der Waals surface area contributed by atoms with Crippen LogP contribution in [0.25, 0.3) is 0 Å². The van der Waals surface area contributed by atoms with Gasteiger partial charge in [-0.15, -0.1) is 0 Å². The Balaban J connectivity index is 2.66. The number of rotatable bonds is 7. The molecule has 0 fully saturated rings. The number of quaternary nitrogens is 1. The minimum atomic E-state index is -0.562. The monoisotopic (exact) mass is 310 g/mol. The van der Waals surface area contributed by atoms with E-state index in [1.54, 1.807) is 0 Å². The van der Waals surface area contributed by atoms with Crippen LogP contribution in [0, 0.1) is 0 Å². The van der Waals surface area contributed by atoms with Crippen molar-refractivity contribution >= 4 is 5.78 Å².